The molecule has 0 radical (unpaired) electrons. The zero-order valence-corrected chi connectivity index (χ0v) is 19.5. The van der Waals surface area contributed by atoms with Crippen molar-refractivity contribution in [3.63, 3.8) is 0 Å². The maximum absolute atomic E-state index is 13.0. The molecule has 0 fully saturated rings. The van der Waals surface area contributed by atoms with Crippen LogP contribution in [0.15, 0.2) is 72.8 Å². The highest BCUT2D eigenvalue weighted by Crippen LogP contribution is 2.45. The van der Waals surface area contributed by atoms with Gasteiger partial charge in [-0.25, -0.2) is 0 Å². The quantitative estimate of drug-likeness (QED) is 0.286. The molecule has 0 aliphatic heterocycles. The summed E-state index contributed by atoms with van der Waals surface area (Å²) in [4.78, 5) is 36.0. The zero-order valence-electron chi connectivity index (χ0n) is 19.5. The molecule has 0 heterocycles. The van der Waals surface area contributed by atoms with Gasteiger partial charge in [-0.2, -0.15) is 39.5 Å². The molecule has 16 heteroatoms. The molecule has 0 saturated carbocycles. The predicted molar refractivity (Wildman–Crippen MR) is 125 cm³/mol. The normalized spacial score (nSPS) is 11.9. The molecule has 3 aromatic rings. The second-order valence-corrected chi connectivity index (χ2v) is 7.74. The summed E-state index contributed by atoms with van der Waals surface area (Å²) in [5.41, 5.74) is -2.87. The fraction of sp³-hybridized carbons (Fsp3) is 0.125. The third kappa shape index (κ3) is 7.00. The number of alkyl halides is 9. The summed E-state index contributed by atoms with van der Waals surface area (Å²) in [7, 11) is 0. The van der Waals surface area contributed by atoms with Crippen LogP contribution < -0.4 is 20.9 Å². The standard InChI is InChI=1S/C24H15F9N4O3/c25-22(26,27)19(38)34-13-7-1-4-10-16(13)37(17-11-5-2-8-14(17)35-20(39)23(28,29)30)18-12-6-3-9-15(18)36-21(40)24(31,32)33/h1-12H,(H,34,38)(H,35,39)(H,36,40). The van der Waals surface area contributed by atoms with Gasteiger partial charge in [-0.15, -0.1) is 0 Å². The van der Waals surface area contributed by atoms with Crippen molar-refractivity contribution in [2.75, 3.05) is 20.9 Å². The van der Waals surface area contributed by atoms with E-state index in [4.69, 9.17) is 0 Å². The van der Waals surface area contributed by atoms with Crippen LogP contribution in [0.5, 0.6) is 0 Å². The second kappa shape index (κ2) is 11.2. The van der Waals surface area contributed by atoms with Gasteiger partial charge in [-0.05, 0) is 36.4 Å². The summed E-state index contributed by atoms with van der Waals surface area (Å²) >= 11 is 0. The lowest BCUT2D eigenvalue weighted by Crippen LogP contribution is -2.32. The summed E-state index contributed by atoms with van der Waals surface area (Å²) in [5, 5.41) is 4.80. The number of nitrogens with zero attached hydrogens (tertiary/aromatic N) is 1. The smallest absolute Gasteiger partial charge is 0.316 e. The van der Waals surface area contributed by atoms with E-state index in [9.17, 15) is 53.9 Å². The molecular weight excluding hydrogens is 563 g/mol. The van der Waals surface area contributed by atoms with E-state index in [1.165, 1.54) is 36.4 Å². The van der Waals surface area contributed by atoms with Crippen molar-refractivity contribution in [3.8, 4) is 0 Å². The van der Waals surface area contributed by atoms with Crippen LogP contribution in [0, 0.1) is 0 Å². The second-order valence-electron chi connectivity index (χ2n) is 7.74. The number of amides is 3. The van der Waals surface area contributed by atoms with E-state index in [2.05, 4.69) is 0 Å². The minimum atomic E-state index is -5.37. The summed E-state index contributed by atoms with van der Waals surface area (Å²) in [6.45, 7) is 0. The number of nitrogens with one attached hydrogen (secondary N) is 3. The number of anilines is 6. The van der Waals surface area contributed by atoms with Crippen LogP contribution in [0.3, 0.4) is 0 Å². The van der Waals surface area contributed by atoms with Crippen LogP contribution in [-0.2, 0) is 14.4 Å². The Morgan fingerprint density at radius 2 is 0.675 bits per heavy atom. The largest absolute Gasteiger partial charge is 0.471 e. The van der Waals surface area contributed by atoms with E-state index < -0.39 is 53.3 Å². The topological polar surface area (TPSA) is 90.5 Å². The third-order valence-electron chi connectivity index (χ3n) is 4.95. The molecule has 0 bridgehead atoms. The van der Waals surface area contributed by atoms with Crippen LogP contribution in [0.25, 0.3) is 0 Å². The third-order valence-corrected chi connectivity index (χ3v) is 4.95. The van der Waals surface area contributed by atoms with Crippen LogP contribution >= 0.6 is 0 Å². The number of halogens is 9. The lowest BCUT2D eigenvalue weighted by molar-refractivity contribution is -0.167. The molecular formula is C24H15F9N4O3. The monoisotopic (exact) mass is 578 g/mol. The van der Waals surface area contributed by atoms with Gasteiger partial charge in [0.1, 0.15) is 0 Å². The Bertz CT molecular complexity index is 1250. The van der Waals surface area contributed by atoms with Crippen molar-refractivity contribution < 1.29 is 53.9 Å². The molecule has 3 aromatic carbocycles. The van der Waals surface area contributed by atoms with Gasteiger partial charge in [0.2, 0.25) is 0 Å². The molecule has 3 amide bonds. The van der Waals surface area contributed by atoms with E-state index >= 15 is 0 Å². The van der Waals surface area contributed by atoms with Gasteiger partial charge in [0.05, 0.1) is 34.1 Å². The molecule has 0 unspecified atom stereocenters. The Labute approximate surface area is 218 Å². The highest BCUT2D eigenvalue weighted by Gasteiger charge is 2.41. The first-order valence-corrected chi connectivity index (χ1v) is 10.7. The first-order chi connectivity index (χ1) is 18.5. The van der Waals surface area contributed by atoms with Crippen molar-refractivity contribution >= 4 is 51.8 Å². The SMILES string of the molecule is O=C(Nc1ccccc1N(c1ccccc1NC(=O)C(F)(F)F)c1ccccc1NC(=O)C(F)(F)F)C(F)(F)F. The first kappa shape index (κ1) is 29.8. The molecule has 40 heavy (non-hydrogen) atoms. The molecule has 0 atom stereocenters. The highest BCUT2D eigenvalue weighted by molar-refractivity contribution is 6.05. The van der Waals surface area contributed by atoms with E-state index in [0.717, 1.165) is 41.3 Å². The van der Waals surface area contributed by atoms with Crippen molar-refractivity contribution in [1.82, 2.24) is 0 Å². The maximum Gasteiger partial charge on any atom is 0.471 e. The van der Waals surface area contributed by atoms with Crippen molar-refractivity contribution in [1.29, 1.82) is 0 Å². The fourth-order valence-corrected chi connectivity index (χ4v) is 3.29. The average molecular weight is 578 g/mol. The first-order valence-electron chi connectivity index (χ1n) is 10.7. The Kier molecular flexibility index (Phi) is 8.31. The number of hydrogen-bond donors (Lipinski definition) is 3. The van der Waals surface area contributed by atoms with Gasteiger partial charge in [0.15, 0.2) is 0 Å². The molecule has 212 valence electrons. The minimum absolute atomic E-state index is 0.387. The lowest BCUT2D eigenvalue weighted by atomic mass is 10.1. The van der Waals surface area contributed by atoms with Crippen LogP contribution in [0.4, 0.5) is 73.6 Å². The number of rotatable bonds is 6. The molecule has 0 spiro atoms. The number of carbonyl (C=O) groups is 3. The molecule has 0 saturated heterocycles. The lowest BCUT2D eigenvalue weighted by Gasteiger charge is -2.31. The highest BCUT2D eigenvalue weighted by atomic mass is 19.4. The maximum atomic E-state index is 13.0. The van der Waals surface area contributed by atoms with Crippen molar-refractivity contribution in [2.45, 2.75) is 18.5 Å². The minimum Gasteiger partial charge on any atom is -0.316 e. The Balaban J connectivity index is 2.29. The van der Waals surface area contributed by atoms with Gasteiger partial charge in [0.25, 0.3) is 0 Å². The van der Waals surface area contributed by atoms with Crippen molar-refractivity contribution in [2.24, 2.45) is 0 Å². The average Bonchev–Trinajstić information content (AvgIpc) is 2.85. The van der Waals surface area contributed by atoms with E-state index in [0.29, 0.717) is 0 Å². The van der Waals surface area contributed by atoms with Crippen molar-refractivity contribution in [3.05, 3.63) is 72.8 Å². The van der Waals surface area contributed by atoms with Gasteiger partial charge in [-0.1, -0.05) is 36.4 Å². The summed E-state index contributed by atoms with van der Waals surface area (Å²) < 4.78 is 117. The van der Waals surface area contributed by atoms with Gasteiger partial charge >= 0.3 is 36.3 Å². The Hall–Kier alpha value is -4.76. The molecule has 0 aliphatic rings. The molecule has 7 nitrogen and oxygen atoms in total. The van der Waals surface area contributed by atoms with Crippen LogP contribution in [0.1, 0.15) is 0 Å². The fourth-order valence-electron chi connectivity index (χ4n) is 3.29. The van der Waals surface area contributed by atoms with Crippen LogP contribution in [-0.4, -0.2) is 36.3 Å². The Morgan fingerprint density at radius 3 is 0.900 bits per heavy atom. The van der Waals surface area contributed by atoms with E-state index in [1.54, 1.807) is 16.0 Å². The van der Waals surface area contributed by atoms with Gasteiger partial charge in [-0.3, -0.25) is 14.4 Å². The molecule has 3 N–H and O–H groups in total. The molecule has 0 aliphatic carbocycles. The number of benzene rings is 3. The zero-order chi connectivity index (χ0) is 29.9. The van der Waals surface area contributed by atoms with Gasteiger partial charge in [0, 0.05) is 0 Å². The van der Waals surface area contributed by atoms with Crippen LogP contribution in [0.2, 0.25) is 0 Å². The number of carbonyl (C=O) groups excluding carboxylic acids is 3. The summed E-state index contributed by atoms with van der Waals surface area (Å²) in [6.07, 6.45) is -16.1. The summed E-state index contributed by atoms with van der Waals surface area (Å²) in [6, 6.07) is 13.6. The van der Waals surface area contributed by atoms with E-state index in [-0.39, 0.29) is 17.1 Å². The Morgan fingerprint density at radius 1 is 0.450 bits per heavy atom. The van der Waals surface area contributed by atoms with E-state index in [1.807, 2.05) is 0 Å². The summed E-state index contributed by atoms with van der Waals surface area (Å²) in [5.74, 6) is -7.30. The molecule has 0 aromatic heterocycles. The van der Waals surface area contributed by atoms with Gasteiger partial charge < -0.3 is 20.9 Å². The number of para-hydroxylation sites is 6. The number of hydrogen-bond acceptors (Lipinski definition) is 4. The molecule has 3 rings (SSSR count). The predicted octanol–water partition coefficient (Wildman–Crippen LogP) is 6.66.